The highest BCUT2D eigenvalue weighted by molar-refractivity contribution is 5.49. The second kappa shape index (κ2) is 7.71. The lowest BCUT2D eigenvalue weighted by molar-refractivity contribution is 0.202. The first kappa shape index (κ1) is 16.8. The van der Waals surface area contributed by atoms with Gasteiger partial charge in [0.25, 0.3) is 0 Å². The fourth-order valence-corrected chi connectivity index (χ4v) is 3.75. The van der Waals surface area contributed by atoms with Crippen LogP contribution in [0.5, 0.6) is 11.5 Å². The SMILES string of the molecule is COc1ccc(CN2CCC(c3ccccc3)CC2)c(OC)c1C. The molecule has 1 fully saturated rings. The van der Waals surface area contributed by atoms with E-state index in [9.17, 15) is 0 Å². The van der Waals surface area contributed by atoms with E-state index in [2.05, 4.69) is 48.2 Å². The fraction of sp³-hybridized carbons (Fsp3) is 0.429. The zero-order valence-electron chi connectivity index (χ0n) is 14.9. The molecule has 0 radical (unpaired) electrons. The molecule has 2 aromatic rings. The van der Waals surface area contributed by atoms with Gasteiger partial charge < -0.3 is 9.47 Å². The van der Waals surface area contributed by atoms with Gasteiger partial charge in [0.05, 0.1) is 14.2 Å². The van der Waals surface area contributed by atoms with Gasteiger partial charge in [-0.15, -0.1) is 0 Å². The van der Waals surface area contributed by atoms with Gasteiger partial charge >= 0.3 is 0 Å². The Balaban J connectivity index is 1.65. The normalized spacial score (nSPS) is 16.1. The summed E-state index contributed by atoms with van der Waals surface area (Å²) < 4.78 is 11.0. The van der Waals surface area contributed by atoms with Gasteiger partial charge in [-0.1, -0.05) is 36.4 Å². The second-order valence-electron chi connectivity index (χ2n) is 6.55. The highest BCUT2D eigenvalue weighted by Gasteiger charge is 2.22. The molecule has 128 valence electrons. The molecular formula is C21H27NO2. The molecule has 0 amide bonds. The maximum absolute atomic E-state index is 5.64. The molecule has 3 rings (SSSR count). The minimum Gasteiger partial charge on any atom is -0.496 e. The molecule has 0 aliphatic carbocycles. The maximum Gasteiger partial charge on any atom is 0.129 e. The van der Waals surface area contributed by atoms with E-state index in [4.69, 9.17) is 9.47 Å². The van der Waals surface area contributed by atoms with Crippen molar-refractivity contribution in [2.24, 2.45) is 0 Å². The Hall–Kier alpha value is -2.00. The molecule has 2 aromatic carbocycles. The van der Waals surface area contributed by atoms with E-state index < -0.39 is 0 Å². The molecule has 0 saturated carbocycles. The number of ether oxygens (including phenoxy) is 2. The van der Waals surface area contributed by atoms with Crippen LogP contribution >= 0.6 is 0 Å². The Labute approximate surface area is 145 Å². The van der Waals surface area contributed by atoms with Crippen LogP contribution in [0.15, 0.2) is 42.5 Å². The van der Waals surface area contributed by atoms with Crippen LogP contribution in [0.3, 0.4) is 0 Å². The molecule has 3 heteroatoms. The van der Waals surface area contributed by atoms with Crippen LogP contribution in [0.2, 0.25) is 0 Å². The van der Waals surface area contributed by atoms with Gasteiger partial charge in [0.2, 0.25) is 0 Å². The first-order valence-corrected chi connectivity index (χ1v) is 8.70. The number of rotatable bonds is 5. The van der Waals surface area contributed by atoms with Crippen molar-refractivity contribution in [2.45, 2.75) is 32.2 Å². The molecule has 1 saturated heterocycles. The monoisotopic (exact) mass is 325 g/mol. The summed E-state index contributed by atoms with van der Waals surface area (Å²) in [5.41, 5.74) is 3.81. The number of likely N-dealkylation sites (tertiary alicyclic amines) is 1. The number of methoxy groups -OCH3 is 2. The average molecular weight is 325 g/mol. The Morgan fingerprint density at radius 3 is 2.29 bits per heavy atom. The first-order chi connectivity index (χ1) is 11.7. The van der Waals surface area contributed by atoms with Gasteiger partial charge in [-0.05, 0) is 50.4 Å². The van der Waals surface area contributed by atoms with Gasteiger partial charge in [0.1, 0.15) is 11.5 Å². The highest BCUT2D eigenvalue weighted by atomic mass is 16.5. The number of piperidine rings is 1. The van der Waals surface area contributed by atoms with Crippen LogP contribution in [0.1, 0.15) is 35.4 Å². The molecule has 3 nitrogen and oxygen atoms in total. The molecule has 0 aromatic heterocycles. The fourth-order valence-electron chi connectivity index (χ4n) is 3.75. The minimum atomic E-state index is 0.696. The lowest BCUT2D eigenvalue weighted by atomic mass is 9.89. The Morgan fingerprint density at radius 2 is 1.67 bits per heavy atom. The van der Waals surface area contributed by atoms with Crippen molar-refractivity contribution in [3.8, 4) is 11.5 Å². The summed E-state index contributed by atoms with van der Waals surface area (Å²) >= 11 is 0. The lowest BCUT2D eigenvalue weighted by Crippen LogP contribution is -2.32. The summed E-state index contributed by atoms with van der Waals surface area (Å²) in [4.78, 5) is 2.53. The van der Waals surface area contributed by atoms with Gasteiger partial charge in [0.15, 0.2) is 0 Å². The van der Waals surface area contributed by atoms with E-state index in [-0.39, 0.29) is 0 Å². The van der Waals surface area contributed by atoms with E-state index >= 15 is 0 Å². The number of hydrogen-bond acceptors (Lipinski definition) is 3. The summed E-state index contributed by atoms with van der Waals surface area (Å²) in [5.74, 6) is 2.54. The lowest BCUT2D eigenvalue weighted by Gasteiger charge is -2.32. The zero-order chi connectivity index (χ0) is 16.9. The molecule has 24 heavy (non-hydrogen) atoms. The van der Waals surface area contributed by atoms with E-state index in [1.807, 2.05) is 6.07 Å². The molecule has 0 bridgehead atoms. The smallest absolute Gasteiger partial charge is 0.129 e. The van der Waals surface area contributed by atoms with Gasteiger partial charge in [-0.3, -0.25) is 4.90 Å². The van der Waals surface area contributed by atoms with Gasteiger partial charge in [0, 0.05) is 17.7 Å². The summed E-state index contributed by atoms with van der Waals surface area (Å²) in [7, 11) is 3.45. The molecule has 0 atom stereocenters. The Morgan fingerprint density at radius 1 is 0.958 bits per heavy atom. The van der Waals surface area contributed by atoms with Crippen LogP contribution in [0, 0.1) is 6.92 Å². The third-order valence-corrected chi connectivity index (χ3v) is 5.11. The molecule has 0 spiro atoms. The van der Waals surface area contributed by atoms with Crippen molar-refractivity contribution >= 4 is 0 Å². The number of nitrogens with zero attached hydrogens (tertiary/aromatic N) is 1. The largest absolute Gasteiger partial charge is 0.496 e. The van der Waals surface area contributed by atoms with E-state index in [0.717, 1.165) is 36.7 Å². The standard InChI is InChI=1S/C21H27NO2/c1-16-20(23-2)10-9-19(21(16)24-3)15-22-13-11-18(12-14-22)17-7-5-4-6-8-17/h4-10,18H,11-15H2,1-3H3. The summed E-state index contributed by atoms with van der Waals surface area (Å²) in [6.45, 7) is 5.26. The predicted octanol–water partition coefficient (Wildman–Crippen LogP) is 4.39. The topological polar surface area (TPSA) is 21.7 Å². The van der Waals surface area contributed by atoms with Crippen molar-refractivity contribution in [3.05, 3.63) is 59.2 Å². The van der Waals surface area contributed by atoms with Crippen LogP contribution in [-0.2, 0) is 6.54 Å². The highest BCUT2D eigenvalue weighted by Crippen LogP contribution is 2.34. The molecule has 1 aliphatic heterocycles. The second-order valence-corrected chi connectivity index (χ2v) is 6.55. The van der Waals surface area contributed by atoms with Gasteiger partial charge in [-0.25, -0.2) is 0 Å². The van der Waals surface area contributed by atoms with Crippen LogP contribution in [-0.4, -0.2) is 32.2 Å². The molecule has 1 heterocycles. The number of hydrogen-bond donors (Lipinski definition) is 0. The van der Waals surface area contributed by atoms with E-state index in [1.165, 1.54) is 24.0 Å². The zero-order valence-corrected chi connectivity index (χ0v) is 14.9. The number of benzene rings is 2. The third kappa shape index (κ3) is 3.57. The first-order valence-electron chi connectivity index (χ1n) is 8.70. The third-order valence-electron chi connectivity index (χ3n) is 5.11. The van der Waals surface area contributed by atoms with Gasteiger partial charge in [-0.2, -0.15) is 0 Å². The van der Waals surface area contributed by atoms with Crippen LogP contribution in [0.25, 0.3) is 0 Å². The molecule has 0 N–H and O–H groups in total. The summed E-state index contributed by atoms with van der Waals surface area (Å²) in [5, 5.41) is 0. The van der Waals surface area contributed by atoms with E-state index in [1.54, 1.807) is 14.2 Å². The van der Waals surface area contributed by atoms with Crippen molar-refractivity contribution in [1.82, 2.24) is 4.90 Å². The maximum atomic E-state index is 5.64. The van der Waals surface area contributed by atoms with Crippen LogP contribution < -0.4 is 9.47 Å². The van der Waals surface area contributed by atoms with E-state index in [0.29, 0.717) is 5.92 Å². The predicted molar refractivity (Wildman–Crippen MR) is 98.0 cm³/mol. The molecule has 0 unspecified atom stereocenters. The summed E-state index contributed by atoms with van der Waals surface area (Å²) in [6.07, 6.45) is 2.45. The van der Waals surface area contributed by atoms with Crippen molar-refractivity contribution < 1.29 is 9.47 Å². The molecular weight excluding hydrogens is 298 g/mol. The van der Waals surface area contributed by atoms with Crippen LogP contribution in [0.4, 0.5) is 0 Å². The van der Waals surface area contributed by atoms with Crippen molar-refractivity contribution in [1.29, 1.82) is 0 Å². The average Bonchev–Trinajstić information content (AvgIpc) is 2.63. The molecule has 1 aliphatic rings. The van der Waals surface area contributed by atoms with Crippen molar-refractivity contribution in [3.63, 3.8) is 0 Å². The van der Waals surface area contributed by atoms with Crippen molar-refractivity contribution in [2.75, 3.05) is 27.3 Å². The Kier molecular flexibility index (Phi) is 5.41. The Bertz CT molecular complexity index is 661. The summed E-state index contributed by atoms with van der Waals surface area (Å²) in [6, 6.07) is 15.1. The minimum absolute atomic E-state index is 0.696. The quantitative estimate of drug-likeness (QED) is 0.814.